The summed E-state index contributed by atoms with van der Waals surface area (Å²) in [4.78, 5) is 37.3. The lowest BCUT2D eigenvalue weighted by Crippen LogP contribution is -2.12. The van der Waals surface area contributed by atoms with E-state index in [1.165, 1.54) is 30.9 Å². The number of amides is 1. The average Bonchev–Trinajstić information content (AvgIpc) is 3.50. The maximum atomic E-state index is 13.0. The summed E-state index contributed by atoms with van der Waals surface area (Å²) >= 11 is 6.63. The molecule has 0 spiro atoms. The van der Waals surface area contributed by atoms with Crippen LogP contribution in [0, 0.1) is 0 Å². The zero-order chi connectivity index (χ0) is 25.0. The van der Waals surface area contributed by atoms with E-state index in [4.69, 9.17) is 16.1 Å². The van der Waals surface area contributed by atoms with Crippen LogP contribution in [0.1, 0.15) is 37.2 Å². The standard InChI is InChI=1S/C21H14ClF3N6O3S/c22-13-2-1-11(7-12(13)21(23,24)25)29-20(33)16-9-26-19(35-16)4-3-15(32)14-8-18(28-10-27-14)30-17-5-6-34-31-17/h1-2,5-10H,3-4H2,(H,29,33)(H,27,28,30,31). The van der Waals surface area contributed by atoms with Gasteiger partial charge in [-0.1, -0.05) is 16.8 Å². The fourth-order valence-electron chi connectivity index (χ4n) is 2.88. The van der Waals surface area contributed by atoms with Crippen molar-refractivity contribution in [3.05, 3.63) is 75.3 Å². The van der Waals surface area contributed by atoms with Crippen molar-refractivity contribution in [1.82, 2.24) is 20.1 Å². The largest absolute Gasteiger partial charge is 0.417 e. The molecule has 0 saturated carbocycles. The van der Waals surface area contributed by atoms with Crippen LogP contribution in [0.4, 0.5) is 30.5 Å². The predicted octanol–water partition coefficient (Wildman–Crippen LogP) is 5.40. The van der Waals surface area contributed by atoms with Gasteiger partial charge in [0.25, 0.3) is 5.91 Å². The second-order valence-electron chi connectivity index (χ2n) is 6.99. The van der Waals surface area contributed by atoms with Crippen molar-refractivity contribution in [2.75, 3.05) is 10.6 Å². The van der Waals surface area contributed by atoms with Crippen LogP contribution in [0.2, 0.25) is 5.02 Å². The molecule has 2 N–H and O–H groups in total. The van der Waals surface area contributed by atoms with Gasteiger partial charge in [0.2, 0.25) is 0 Å². The number of hydrogen-bond acceptors (Lipinski definition) is 9. The first kappa shape index (κ1) is 24.3. The van der Waals surface area contributed by atoms with Crippen molar-refractivity contribution in [2.24, 2.45) is 0 Å². The average molecular weight is 523 g/mol. The van der Waals surface area contributed by atoms with Gasteiger partial charge in [-0.15, -0.1) is 11.3 Å². The Balaban J connectivity index is 1.35. The summed E-state index contributed by atoms with van der Waals surface area (Å²) in [7, 11) is 0. The van der Waals surface area contributed by atoms with Crippen molar-refractivity contribution < 1.29 is 27.3 Å². The fourth-order valence-corrected chi connectivity index (χ4v) is 3.92. The molecule has 0 saturated heterocycles. The number of rotatable bonds is 8. The lowest BCUT2D eigenvalue weighted by Gasteiger charge is -2.11. The van der Waals surface area contributed by atoms with Gasteiger partial charge in [0.1, 0.15) is 29.0 Å². The Morgan fingerprint density at radius 2 is 1.91 bits per heavy atom. The molecule has 1 amide bonds. The molecule has 3 aromatic heterocycles. The van der Waals surface area contributed by atoms with E-state index in [1.54, 1.807) is 6.07 Å². The minimum absolute atomic E-state index is 0.0596. The van der Waals surface area contributed by atoms with E-state index in [0.29, 0.717) is 16.6 Å². The highest BCUT2D eigenvalue weighted by molar-refractivity contribution is 7.13. The van der Waals surface area contributed by atoms with E-state index < -0.39 is 22.7 Å². The smallest absolute Gasteiger partial charge is 0.363 e. The van der Waals surface area contributed by atoms with Gasteiger partial charge in [0.15, 0.2) is 11.6 Å². The van der Waals surface area contributed by atoms with E-state index in [-0.39, 0.29) is 34.9 Å². The molecular formula is C21H14ClF3N6O3S. The number of anilines is 3. The molecular weight excluding hydrogens is 509 g/mol. The summed E-state index contributed by atoms with van der Waals surface area (Å²) in [5.74, 6) is -0.113. The van der Waals surface area contributed by atoms with Gasteiger partial charge < -0.3 is 15.2 Å². The van der Waals surface area contributed by atoms with Crippen LogP contribution in [0.15, 0.2) is 53.6 Å². The van der Waals surface area contributed by atoms with Gasteiger partial charge in [0, 0.05) is 30.7 Å². The number of Topliss-reactive ketones (excluding diaryl/α,β-unsaturated/α-hetero) is 1. The van der Waals surface area contributed by atoms with Gasteiger partial charge in [-0.2, -0.15) is 13.2 Å². The van der Waals surface area contributed by atoms with E-state index in [0.717, 1.165) is 23.5 Å². The van der Waals surface area contributed by atoms with E-state index >= 15 is 0 Å². The summed E-state index contributed by atoms with van der Waals surface area (Å²) in [6, 6.07) is 6.14. The van der Waals surface area contributed by atoms with E-state index in [1.807, 2.05) is 0 Å². The number of aryl methyl sites for hydroxylation is 1. The molecule has 9 nitrogen and oxygen atoms in total. The Morgan fingerprint density at radius 1 is 1.09 bits per heavy atom. The molecule has 3 heterocycles. The van der Waals surface area contributed by atoms with Crippen molar-refractivity contribution in [1.29, 1.82) is 0 Å². The Hall–Kier alpha value is -3.84. The topological polar surface area (TPSA) is 123 Å². The van der Waals surface area contributed by atoms with Crippen molar-refractivity contribution in [3.63, 3.8) is 0 Å². The van der Waals surface area contributed by atoms with Crippen LogP contribution in [0.3, 0.4) is 0 Å². The molecule has 0 aliphatic heterocycles. The SMILES string of the molecule is O=C(CCc1ncc(C(=O)Nc2ccc(Cl)c(C(F)(F)F)c2)s1)c1cc(Nc2ccon2)ncn1. The van der Waals surface area contributed by atoms with Crippen molar-refractivity contribution >= 4 is 52.0 Å². The molecule has 0 atom stereocenters. The number of hydrogen-bond donors (Lipinski definition) is 2. The summed E-state index contributed by atoms with van der Waals surface area (Å²) < 4.78 is 43.8. The van der Waals surface area contributed by atoms with Crippen LogP contribution in [-0.2, 0) is 12.6 Å². The number of aromatic nitrogens is 4. The summed E-state index contributed by atoms with van der Waals surface area (Å²) in [6.45, 7) is 0. The molecule has 180 valence electrons. The third-order valence-corrected chi connectivity index (χ3v) is 5.91. The predicted molar refractivity (Wildman–Crippen MR) is 121 cm³/mol. The fraction of sp³-hybridized carbons (Fsp3) is 0.143. The molecule has 1 aromatic carbocycles. The van der Waals surface area contributed by atoms with Gasteiger partial charge >= 0.3 is 6.18 Å². The maximum absolute atomic E-state index is 13.0. The number of benzene rings is 1. The van der Waals surface area contributed by atoms with Crippen LogP contribution in [-0.4, -0.2) is 31.8 Å². The number of thiazole rings is 1. The molecule has 14 heteroatoms. The van der Waals surface area contributed by atoms with Crippen LogP contribution < -0.4 is 10.6 Å². The van der Waals surface area contributed by atoms with Crippen molar-refractivity contribution in [3.8, 4) is 0 Å². The minimum atomic E-state index is -4.65. The molecule has 0 aliphatic rings. The van der Waals surface area contributed by atoms with Crippen LogP contribution >= 0.6 is 22.9 Å². The quantitative estimate of drug-likeness (QED) is 0.295. The Labute approximate surface area is 204 Å². The zero-order valence-corrected chi connectivity index (χ0v) is 19.0. The first-order valence-corrected chi connectivity index (χ1v) is 11.0. The first-order chi connectivity index (χ1) is 16.7. The van der Waals surface area contributed by atoms with E-state index in [9.17, 15) is 22.8 Å². The number of nitrogens with one attached hydrogen (secondary N) is 2. The zero-order valence-electron chi connectivity index (χ0n) is 17.5. The Bertz CT molecular complexity index is 1360. The molecule has 4 rings (SSSR count). The lowest BCUT2D eigenvalue weighted by atomic mass is 10.1. The number of nitrogens with zero attached hydrogens (tertiary/aromatic N) is 4. The minimum Gasteiger partial charge on any atom is -0.363 e. The second kappa shape index (κ2) is 10.2. The van der Waals surface area contributed by atoms with Crippen molar-refractivity contribution in [2.45, 2.75) is 19.0 Å². The summed E-state index contributed by atoms with van der Waals surface area (Å²) in [5.41, 5.74) is -0.927. The van der Waals surface area contributed by atoms with Crippen LogP contribution in [0.5, 0.6) is 0 Å². The highest BCUT2D eigenvalue weighted by Gasteiger charge is 2.33. The number of alkyl halides is 3. The number of halogens is 4. The van der Waals surface area contributed by atoms with Gasteiger partial charge in [0.05, 0.1) is 21.8 Å². The molecule has 0 fully saturated rings. The third kappa shape index (κ3) is 6.19. The molecule has 0 radical (unpaired) electrons. The van der Waals surface area contributed by atoms with Gasteiger partial charge in [-0.25, -0.2) is 15.0 Å². The number of ketones is 1. The maximum Gasteiger partial charge on any atom is 0.417 e. The third-order valence-electron chi connectivity index (χ3n) is 4.52. The van der Waals surface area contributed by atoms with Crippen LogP contribution in [0.25, 0.3) is 0 Å². The lowest BCUT2D eigenvalue weighted by molar-refractivity contribution is -0.137. The van der Waals surface area contributed by atoms with Gasteiger partial charge in [-0.05, 0) is 18.2 Å². The molecule has 0 unspecified atom stereocenters. The first-order valence-electron chi connectivity index (χ1n) is 9.84. The Kier molecular flexibility index (Phi) is 7.07. The second-order valence-corrected chi connectivity index (χ2v) is 8.51. The van der Waals surface area contributed by atoms with Gasteiger partial charge in [-0.3, -0.25) is 9.59 Å². The molecule has 4 aromatic rings. The number of carbonyl (C=O) groups is 2. The highest BCUT2D eigenvalue weighted by atomic mass is 35.5. The highest BCUT2D eigenvalue weighted by Crippen LogP contribution is 2.36. The monoisotopic (exact) mass is 522 g/mol. The molecule has 35 heavy (non-hydrogen) atoms. The summed E-state index contributed by atoms with van der Waals surface area (Å²) in [6.07, 6.45) is -0.424. The Morgan fingerprint density at radius 3 is 2.66 bits per heavy atom. The molecule has 0 aliphatic carbocycles. The summed E-state index contributed by atoms with van der Waals surface area (Å²) in [5, 5.41) is 9.00. The molecule has 0 bridgehead atoms. The normalized spacial score (nSPS) is 11.3. The number of carbonyl (C=O) groups excluding carboxylic acids is 2. The van der Waals surface area contributed by atoms with E-state index in [2.05, 4.69) is 30.7 Å².